The quantitative estimate of drug-likeness (QED) is 0.254. The second-order valence-corrected chi connectivity index (χ2v) is 9.00. The van der Waals surface area contributed by atoms with Crippen LogP contribution in [0.2, 0.25) is 0 Å². The predicted molar refractivity (Wildman–Crippen MR) is 123 cm³/mol. The van der Waals surface area contributed by atoms with E-state index in [-0.39, 0.29) is 6.10 Å². The topological polar surface area (TPSA) is 39.9 Å². The van der Waals surface area contributed by atoms with Gasteiger partial charge >= 0.3 is 0 Å². The largest absolute Gasteiger partial charge is 0.483 e. The van der Waals surface area contributed by atoms with Gasteiger partial charge < -0.3 is 4.74 Å². The van der Waals surface area contributed by atoms with Crippen LogP contribution in [0.1, 0.15) is 49.7 Å². The highest BCUT2D eigenvalue weighted by Gasteiger charge is 2.19. The molecule has 0 amide bonds. The number of benzene rings is 2. The molecule has 4 nitrogen and oxygen atoms in total. The lowest BCUT2D eigenvalue weighted by Crippen LogP contribution is -2.12. The minimum absolute atomic E-state index is 0.214. The van der Waals surface area contributed by atoms with Crippen molar-refractivity contribution in [1.82, 2.24) is 14.8 Å². The van der Waals surface area contributed by atoms with E-state index in [4.69, 9.17) is 4.74 Å². The summed E-state index contributed by atoms with van der Waals surface area (Å²) in [6, 6.07) is 16.6. The summed E-state index contributed by atoms with van der Waals surface area (Å²) >= 11 is 5.14. The number of ether oxygens (including phenoxy) is 1. The molecule has 1 heterocycles. The Balaban J connectivity index is 1.72. The summed E-state index contributed by atoms with van der Waals surface area (Å²) in [5.74, 6) is 2.96. The first-order chi connectivity index (χ1) is 14.0. The van der Waals surface area contributed by atoms with Gasteiger partial charge in [-0.25, -0.2) is 0 Å². The highest BCUT2D eigenvalue weighted by molar-refractivity contribution is 9.10. The van der Waals surface area contributed by atoms with Crippen molar-refractivity contribution in [2.45, 2.75) is 50.2 Å². The highest BCUT2D eigenvalue weighted by atomic mass is 79.9. The number of allylic oxidation sites excluding steroid dienone is 1. The van der Waals surface area contributed by atoms with Crippen molar-refractivity contribution in [3.05, 3.63) is 82.6 Å². The molecular weight excluding hydrogens is 446 g/mol. The van der Waals surface area contributed by atoms with Crippen LogP contribution in [0.3, 0.4) is 0 Å². The van der Waals surface area contributed by atoms with Gasteiger partial charge in [-0.15, -0.1) is 16.8 Å². The lowest BCUT2D eigenvalue weighted by atomic mass is 10.0. The van der Waals surface area contributed by atoms with E-state index < -0.39 is 0 Å². The van der Waals surface area contributed by atoms with Gasteiger partial charge in [-0.2, -0.15) is 0 Å². The maximum Gasteiger partial charge on any atom is 0.191 e. The fraction of sp³-hybridized carbons (Fsp3) is 0.304. The maximum atomic E-state index is 6.14. The van der Waals surface area contributed by atoms with E-state index in [2.05, 4.69) is 87.5 Å². The van der Waals surface area contributed by atoms with Crippen molar-refractivity contribution in [2.75, 3.05) is 0 Å². The first-order valence-corrected chi connectivity index (χ1v) is 11.4. The zero-order chi connectivity index (χ0) is 20.8. The Labute approximate surface area is 185 Å². The molecule has 0 N–H and O–H groups in total. The summed E-state index contributed by atoms with van der Waals surface area (Å²) in [5.41, 5.74) is 2.54. The molecule has 0 saturated heterocycles. The van der Waals surface area contributed by atoms with E-state index in [9.17, 15) is 0 Å². The number of aromatic nitrogens is 3. The third-order valence-corrected chi connectivity index (χ3v) is 6.13. The van der Waals surface area contributed by atoms with Crippen LogP contribution in [0.5, 0.6) is 5.75 Å². The van der Waals surface area contributed by atoms with E-state index in [1.807, 2.05) is 25.1 Å². The van der Waals surface area contributed by atoms with Crippen molar-refractivity contribution >= 4 is 27.7 Å². The molecule has 0 fully saturated rings. The molecule has 1 aromatic heterocycles. The van der Waals surface area contributed by atoms with Crippen molar-refractivity contribution in [1.29, 1.82) is 0 Å². The van der Waals surface area contributed by atoms with Crippen LogP contribution in [-0.4, -0.2) is 14.8 Å². The molecular formula is C23H26BrN3OS. The molecule has 3 aromatic rings. The van der Waals surface area contributed by atoms with E-state index >= 15 is 0 Å². The number of hydrogen-bond acceptors (Lipinski definition) is 4. The SMILES string of the molecule is C=CCn1c(SCc2ccc(Br)cc2)nnc1C(C)Oc1ccc(C(C)C)cc1. The van der Waals surface area contributed by atoms with Gasteiger partial charge in [0.15, 0.2) is 17.1 Å². The number of rotatable bonds is 9. The summed E-state index contributed by atoms with van der Waals surface area (Å²) in [5, 5.41) is 9.69. The Morgan fingerprint density at radius 3 is 2.38 bits per heavy atom. The second kappa shape index (κ2) is 10.1. The number of thioether (sulfide) groups is 1. The smallest absolute Gasteiger partial charge is 0.191 e. The van der Waals surface area contributed by atoms with Crippen LogP contribution in [0.25, 0.3) is 0 Å². The summed E-state index contributed by atoms with van der Waals surface area (Å²) in [6.45, 7) is 10.9. The molecule has 0 bridgehead atoms. The molecule has 1 atom stereocenters. The number of hydrogen-bond donors (Lipinski definition) is 0. The summed E-state index contributed by atoms with van der Waals surface area (Å²) < 4.78 is 9.29. The van der Waals surface area contributed by atoms with Gasteiger partial charge in [0.1, 0.15) is 5.75 Å². The second-order valence-electron chi connectivity index (χ2n) is 7.14. The normalized spacial score (nSPS) is 12.2. The van der Waals surface area contributed by atoms with Gasteiger partial charge in [0.2, 0.25) is 0 Å². The molecule has 1 unspecified atom stereocenters. The van der Waals surface area contributed by atoms with Gasteiger partial charge in [-0.1, -0.05) is 71.9 Å². The maximum absolute atomic E-state index is 6.14. The van der Waals surface area contributed by atoms with Crippen LogP contribution < -0.4 is 4.74 Å². The lowest BCUT2D eigenvalue weighted by molar-refractivity contribution is 0.210. The fourth-order valence-corrected chi connectivity index (χ4v) is 4.10. The van der Waals surface area contributed by atoms with Gasteiger partial charge in [-0.3, -0.25) is 4.57 Å². The molecule has 0 aliphatic rings. The summed E-state index contributed by atoms with van der Waals surface area (Å²) in [6.07, 6.45) is 1.65. The molecule has 2 aromatic carbocycles. The van der Waals surface area contributed by atoms with Gasteiger partial charge in [0.05, 0.1) is 0 Å². The average Bonchev–Trinajstić information content (AvgIpc) is 3.11. The van der Waals surface area contributed by atoms with Crippen LogP contribution >= 0.6 is 27.7 Å². The third-order valence-electron chi connectivity index (χ3n) is 4.56. The zero-order valence-corrected chi connectivity index (χ0v) is 19.4. The van der Waals surface area contributed by atoms with Crippen molar-refractivity contribution in [2.24, 2.45) is 0 Å². The third kappa shape index (κ3) is 5.73. The number of halogens is 1. The van der Waals surface area contributed by atoms with Crippen LogP contribution in [0.4, 0.5) is 0 Å². The van der Waals surface area contributed by atoms with Gasteiger partial charge in [-0.05, 0) is 48.2 Å². The fourth-order valence-electron chi connectivity index (χ4n) is 2.92. The first-order valence-electron chi connectivity index (χ1n) is 9.65. The van der Waals surface area contributed by atoms with E-state index in [0.717, 1.165) is 27.0 Å². The Morgan fingerprint density at radius 1 is 1.07 bits per heavy atom. The van der Waals surface area contributed by atoms with E-state index in [1.54, 1.807) is 11.8 Å². The van der Waals surface area contributed by atoms with E-state index in [0.29, 0.717) is 12.5 Å². The Kier molecular flexibility index (Phi) is 7.56. The molecule has 0 radical (unpaired) electrons. The van der Waals surface area contributed by atoms with Crippen LogP contribution in [0, 0.1) is 0 Å². The monoisotopic (exact) mass is 471 g/mol. The lowest BCUT2D eigenvalue weighted by Gasteiger charge is -2.16. The molecule has 152 valence electrons. The molecule has 29 heavy (non-hydrogen) atoms. The molecule has 0 saturated carbocycles. The van der Waals surface area contributed by atoms with Gasteiger partial charge in [0.25, 0.3) is 0 Å². The number of nitrogens with zero attached hydrogens (tertiary/aromatic N) is 3. The zero-order valence-electron chi connectivity index (χ0n) is 17.0. The van der Waals surface area contributed by atoms with Crippen LogP contribution in [0.15, 0.2) is 70.8 Å². The van der Waals surface area contributed by atoms with Crippen molar-refractivity contribution in [3.63, 3.8) is 0 Å². The van der Waals surface area contributed by atoms with Crippen molar-refractivity contribution < 1.29 is 4.74 Å². The Hall–Kier alpha value is -2.05. The van der Waals surface area contributed by atoms with Crippen molar-refractivity contribution in [3.8, 4) is 5.75 Å². The predicted octanol–water partition coefficient (Wildman–Crippen LogP) is 6.78. The van der Waals surface area contributed by atoms with Gasteiger partial charge in [0, 0.05) is 16.8 Å². The molecule has 0 aliphatic heterocycles. The molecule has 0 aliphatic carbocycles. The minimum Gasteiger partial charge on any atom is -0.483 e. The average molecular weight is 472 g/mol. The Bertz CT molecular complexity index is 936. The minimum atomic E-state index is -0.214. The molecule has 3 rings (SSSR count). The van der Waals surface area contributed by atoms with Crippen LogP contribution in [-0.2, 0) is 12.3 Å². The summed E-state index contributed by atoms with van der Waals surface area (Å²) in [4.78, 5) is 0. The first kappa shape index (κ1) is 21.7. The Morgan fingerprint density at radius 2 is 1.76 bits per heavy atom. The summed E-state index contributed by atoms with van der Waals surface area (Å²) in [7, 11) is 0. The highest BCUT2D eigenvalue weighted by Crippen LogP contribution is 2.28. The van der Waals surface area contributed by atoms with E-state index in [1.165, 1.54) is 11.1 Å². The molecule has 6 heteroatoms. The standard InChI is InChI=1S/C23H26BrN3OS/c1-5-14-27-22(17(4)28-21-12-8-19(9-13-21)16(2)3)25-26-23(27)29-15-18-6-10-20(24)11-7-18/h5-13,16-17H,1,14-15H2,2-4H3. The molecule has 0 spiro atoms.